The maximum absolute atomic E-state index is 6.45. The molecule has 2 aliphatic carbocycles. The summed E-state index contributed by atoms with van der Waals surface area (Å²) in [4.78, 5) is 15.3. The van der Waals surface area contributed by atoms with Crippen molar-refractivity contribution in [1.29, 1.82) is 0 Å². The van der Waals surface area contributed by atoms with Crippen molar-refractivity contribution in [2.24, 2.45) is 11.8 Å². The molecule has 4 heteroatoms. The molecule has 50 heavy (non-hydrogen) atoms. The van der Waals surface area contributed by atoms with Crippen LogP contribution in [0.3, 0.4) is 0 Å². The van der Waals surface area contributed by atoms with Gasteiger partial charge in [-0.15, -0.1) is 0 Å². The molecule has 2 unspecified atom stereocenters. The minimum absolute atomic E-state index is 0.410. The molecule has 0 saturated heterocycles. The van der Waals surface area contributed by atoms with E-state index in [1.165, 1.54) is 32.9 Å². The highest BCUT2D eigenvalue weighted by Gasteiger charge is 2.24. The van der Waals surface area contributed by atoms with E-state index in [1.807, 2.05) is 42.5 Å². The van der Waals surface area contributed by atoms with Gasteiger partial charge in [0, 0.05) is 33.4 Å². The predicted octanol–water partition coefficient (Wildman–Crippen LogP) is 11.8. The fourth-order valence-corrected chi connectivity index (χ4v) is 7.68. The molecule has 2 aliphatic rings. The lowest BCUT2D eigenvalue weighted by Gasteiger charge is -2.27. The van der Waals surface area contributed by atoms with Gasteiger partial charge in [-0.2, -0.15) is 0 Å². The smallest absolute Gasteiger partial charge is 0.164 e. The van der Waals surface area contributed by atoms with E-state index < -0.39 is 0 Å². The van der Waals surface area contributed by atoms with Crippen LogP contribution in [-0.4, -0.2) is 15.0 Å². The monoisotopic (exact) mass is 641 g/mol. The van der Waals surface area contributed by atoms with Gasteiger partial charge >= 0.3 is 0 Å². The van der Waals surface area contributed by atoms with E-state index >= 15 is 0 Å². The zero-order valence-corrected chi connectivity index (χ0v) is 27.4. The fraction of sp³-hybridized carbons (Fsp3) is 0.0652. The Hall–Kier alpha value is -6.39. The lowest BCUT2D eigenvalue weighted by Crippen LogP contribution is -2.14. The van der Waals surface area contributed by atoms with Gasteiger partial charge in [-0.1, -0.05) is 140 Å². The van der Waals surface area contributed by atoms with E-state index in [0.717, 1.165) is 44.0 Å². The molecular weight excluding hydrogens is 611 g/mol. The highest BCUT2D eigenvalue weighted by atomic mass is 16.3. The third-order valence-electron chi connectivity index (χ3n) is 10.2. The van der Waals surface area contributed by atoms with Crippen LogP contribution in [0.4, 0.5) is 0 Å². The molecule has 2 atom stereocenters. The van der Waals surface area contributed by atoms with Crippen LogP contribution in [0.15, 0.2) is 168 Å². The maximum atomic E-state index is 6.45. The van der Waals surface area contributed by atoms with Crippen LogP contribution in [0.1, 0.15) is 12.5 Å². The van der Waals surface area contributed by atoms with E-state index in [9.17, 15) is 0 Å². The van der Waals surface area contributed by atoms with Crippen molar-refractivity contribution >= 4 is 49.1 Å². The SMILES string of the molecule is CC1C=C(c2ccc3oc4cccc(-c5nc(-c6ccccc6)nc(-c6ccc7c(ccc8ccccc87)c6)n5)c4c3c2)C=C2C=CC=CC21. The lowest BCUT2D eigenvalue weighted by molar-refractivity contribution is 0.585. The Bertz CT molecular complexity index is 2780. The summed E-state index contributed by atoms with van der Waals surface area (Å²) in [6.07, 6.45) is 13.5. The van der Waals surface area contributed by atoms with Crippen molar-refractivity contribution in [1.82, 2.24) is 15.0 Å². The fourth-order valence-electron chi connectivity index (χ4n) is 7.68. The summed E-state index contributed by atoms with van der Waals surface area (Å²) in [5, 5.41) is 6.86. The largest absolute Gasteiger partial charge is 0.456 e. The normalized spacial score (nSPS) is 17.0. The van der Waals surface area contributed by atoms with Crippen molar-refractivity contribution in [2.45, 2.75) is 6.92 Å². The van der Waals surface area contributed by atoms with Gasteiger partial charge in [0.05, 0.1) is 0 Å². The third kappa shape index (κ3) is 4.72. The van der Waals surface area contributed by atoms with E-state index in [0.29, 0.717) is 29.3 Å². The Kier molecular flexibility index (Phi) is 6.50. The van der Waals surface area contributed by atoms with Crippen LogP contribution in [0.2, 0.25) is 0 Å². The maximum Gasteiger partial charge on any atom is 0.164 e. The molecule has 10 rings (SSSR count). The number of hydrogen-bond acceptors (Lipinski definition) is 4. The Morgan fingerprint density at radius 1 is 0.560 bits per heavy atom. The number of furan rings is 1. The van der Waals surface area contributed by atoms with Gasteiger partial charge < -0.3 is 4.42 Å². The Morgan fingerprint density at radius 2 is 1.34 bits per heavy atom. The summed E-state index contributed by atoms with van der Waals surface area (Å²) in [5.41, 5.74) is 8.19. The summed E-state index contributed by atoms with van der Waals surface area (Å²) < 4.78 is 6.45. The summed E-state index contributed by atoms with van der Waals surface area (Å²) in [6.45, 7) is 2.30. The topological polar surface area (TPSA) is 51.8 Å². The molecule has 0 N–H and O–H groups in total. The molecule has 4 nitrogen and oxygen atoms in total. The zero-order chi connectivity index (χ0) is 33.2. The van der Waals surface area contributed by atoms with Crippen LogP contribution >= 0.6 is 0 Å². The first kappa shape index (κ1) is 28.6. The van der Waals surface area contributed by atoms with Crippen molar-refractivity contribution in [3.8, 4) is 34.2 Å². The second-order valence-electron chi connectivity index (χ2n) is 13.3. The Balaban J connectivity index is 1.16. The number of aromatic nitrogens is 3. The van der Waals surface area contributed by atoms with E-state index in [1.54, 1.807) is 0 Å². The third-order valence-corrected chi connectivity index (χ3v) is 10.2. The lowest BCUT2D eigenvalue weighted by atomic mass is 9.77. The summed E-state index contributed by atoms with van der Waals surface area (Å²) in [6, 6.07) is 42.1. The molecule has 2 aromatic heterocycles. The molecule has 0 aliphatic heterocycles. The molecule has 0 spiro atoms. The number of allylic oxidation sites excluding steroid dienone is 8. The first-order valence-corrected chi connectivity index (χ1v) is 17.1. The molecule has 0 bridgehead atoms. The highest BCUT2D eigenvalue weighted by molar-refractivity contribution is 6.13. The number of benzene rings is 6. The average Bonchev–Trinajstić information content (AvgIpc) is 3.56. The molecule has 0 saturated carbocycles. The first-order chi connectivity index (χ1) is 24.7. The van der Waals surface area contributed by atoms with Crippen LogP contribution < -0.4 is 0 Å². The van der Waals surface area contributed by atoms with Gasteiger partial charge in [-0.25, -0.2) is 15.0 Å². The van der Waals surface area contributed by atoms with Crippen molar-refractivity contribution in [2.75, 3.05) is 0 Å². The molecule has 0 fully saturated rings. The molecular formula is C46H31N3O. The first-order valence-electron chi connectivity index (χ1n) is 17.1. The van der Waals surface area contributed by atoms with E-state index in [-0.39, 0.29) is 0 Å². The standard InChI is InChI=1S/C46H31N3O/c1-28-24-35(26-32-13-6-7-14-36(28)32)31-21-23-41-40(27-31)43-39(16-9-17-42(43)50-41)46-48-44(30-11-3-2-4-12-30)47-45(49-46)34-20-22-38-33(25-34)19-18-29-10-5-8-15-37(29)38/h2-28,36H,1H3. The predicted molar refractivity (Wildman–Crippen MR) is 205 cm³/mol. The number of nitrogens with zero attached hydrogens (tertiary/aromatic N) is 3. The summed E-state index contributed by atoms with van der Waals surface area (Å²) in [5.74, 6) is 2.71. The second-order valence-corrected chi connectivity index (χ2v) is 13.3. The Morgan fingerprint density at radius 3 is 2.26 bits per heavy atom. The molecule has 0 amide bonds. The highest BCUT2D eigenvalue weighted by Crippen LogP contribution is 2.41. The van der Waals surface area contributed by atoms with Crippen molar-refractivity contribution in [3.63, 3.8) is 0 Å². The zero-order valence-electron chi connectivity index (χ0n) is 27.4. The molecule has 2 heterocycles. The minimum atomic E-state index is 0.410. The molecule has 8 aromatic rings. The van der Waals surface area contributed by atoms with Crippen LogP contribution in [0.25, 0.3) is 83.2 Å². The van der Waals surface area contributed by atoms with Gasteiger partial charge in [0.25, 0.3) is 0 Å². The van der Waals surface area contributed by atoms with Gasteiger partial charge in [0.2, 0.25) is 0 Å². The van der Waals surface area contributed by atoms with Crippen LogP contribution in [0, 0.1) is 11.8 Å². The van der Waals surface area contributed by atoms with E-state index in [2.05, 4.69) is 122 Å². The van der Waals surface area contributed by atoms with Crippen molar-refractivity contribution < 1.29 is 4.42 Å². The number of hydrogen-bond donors (Lipinski definition) is 0. The Labute approximate surface area is 289 Å². The van der Waals surface area contributed by atoms with Crippen molar-refractivity contribution in [3.05, 3.63) is 169 Å². The molecule has 0 radical (unpaired) electrons. The number of fused-ring (bicyclic) bond motifs is 7. The summed E-state index contributed by atoms with van der Waals surface area (Å²) >= 11 is 0. The summed E-state index contributed by atoms with van der Waals surface area (Å²) in [7, 11) is 0. The molecule has 6 aromatic carbocycles. The van der Waals surface area contributed by atoms with Crippen LogP contribution in [0.5, 0.6) is 0 Å². The minimum Gasteiger partial charge on any atom is -0.456 e. The quantitative estimate of drug-likeness (QED) is 0.179. The average molecular weight is 642 g/mol. The van der Waals surface area contributed by atoms with Gasteiger partial charge in [-0.05, 0) is 68.4 Å². The van der Waals surface area contributed by atoms with E-state index in [4.69, 9.17) is 19.4 Å². The number of rotatable bonds is 4. The van der Waals surface area contributed by atoms with Gasteiger partial charge in [-0.3, -0.25) is 0 Å². The van der Waals surface area contributed by atoms with Crippen LogP contribution in [-0.2, 0) is 0 Å². The van der Waals surface area contributed by atoms with Gasteiger partial charge in [0.15, 0.2) is 17.5 Å². The van der Waals surface area contributed by atoms with Gasteiger partial charge in [0.1, 0.15) is 11.2 Å². The molecule has 236 valence electrons. The second kappa shape index (κ2) is 11.4.